The summed E-state index contributed by atoms with van der Waals surface area (Å²) < 4.78 is 13.1. The standard InChI is InChI=1S/C17H19N5O2/c1-23-13-4-3-5-14(24-2)17(13)12-6-7-21(10-12)16-9-18-8-15-20-19-11-22(15)16/h3-5,8-9,11-12H,6-7,10H2,1-2H3. The van der Waals surface area contributed by atoms with Crippen LogP contribution in [0.1, 0.15) is 17.9 Å². The highest BCUT2D eigenvalue weighted by Crippen LogP contribution is 2.40. The molecule has 1 atom stereocenters. The monoisotopic (exact) mass is 325 g/mol. The first-order chi connectivity index (χ1) is 11.8. The van der Waals surface area contributed by atoms with E-state index in [1.165, 1.54) is 0 Å². The highest BCUT2D eigenvalue weighted by atomic mass is 16.5. The van der Waals surface area contributed by atoms with E-state index in [0.29, 0.717) is 5.92 Å². The minimum atomic E-state index is 0.336. The quantitative estimate of drug-likeness (QED) is 0.732. The van der Waals surface area contributed by atoms with Gasteiger partial charge in [-0.25, -0.2) is 0 Å². The lowest BCUT2D eigenvalue weighted by Gasteiger charge is -2.21. The van der Waals surface area contributed by atoms with Crippen molar-refractivity contribution in [2.24, 2.45) is 0 Å². The Morgan fingerprint density at radius 1 is 1.12 bits per heavy atom. The largest absolute Gasteiger partial charge is 0.496 e. The van der Waals surface area contributed by atoms with Gasteiger partial charge in [-0.3, -0.25) is 9.38 Å². The average molecular weight is 325 g/mol. The van der Waals surface area contributed by atoms with E-state index >= 15 is 0 Å². The van der Waals surface area contributed by atoms with Gasteiger partial charge in [0.1, 0.15) is 23.6 Å². The average Bonchev–Trinajstić information content (AvgIpc) is 3.29. The van der Waals surface area contributed by atoms with E-state index in [4.69, 9.17) is 9.47 Å². The van der Waals surface area contributed by atoms with E-state index in [1.807, 2.05) is 28.8 Å². The number of ether oxygens (including phenoxy) is 2. The molecule has 1 fully saturated rings. The number of benzene rings is 1. The maximum absolute atomic E-state index is 5.56. The van der Waals surface area contributed by atoms with Crippen LogP contribution in [0.15, 0.2) is 36.9 Å². The zero-order valence-electron chi connectivity index (χ0n) is 13.7. The van der Waals surface area contributed by atoms with Gasteiger partial charge < -0.3 is 14.4 Å². The number of nitrogens with zero attached hydrogens (tertiary/aromatic N) is 5. The summed E-state index contributed by atoms with van der Waals surface area (Å²) in [7, 11) is 3.40. The van der Waals surface area contributed by atoms with Gasteiger partial charge in [0, 0.05) is 24.6 Å². The highest BCUT2D eigenvalue weighted by Gasteiger charge is 2.30. The van der Waals surface area contributed by atoms with Crippen LogP contribution in [0.3, 0.4) is 0 Å². The third-order valence-corrected chi connectivity index (χ3v) is 4.59. The number of aromatic nitrogens is 4. The fourth-order valence-corrected chi connectivity index (χ4v) is 3.46. The SMILES string of the molecule is COc1cccc(OC)c1C1CCN(c2cncc3nncn23)C1. The van der Waals surface area contributed by atoms with Crippen LogP contribution in [0.5, 0.6) is 11.5 Å². The molecule has 0 N–H and O–H groups in total. The smallest absolute Gasteiger partial charge is 0.180 e. The molecule has 24 heavy (non-hydrogen) atoms. The lowest BCUT2D eigenvalue weighted by Crippen LogP contribution is -2.22. The van der Waals surface area contributed by atoms with E-state index in [9.17, 15) is 0 Å². The van der Waals surface area contributed by atoms with E-state index < -0.39 is 0 Å². The first-order valence-electron chi connectivity index (χ1n) is 7.91. The van der Waals surface area contributed by atoms with Gasteiger partial charge in [-0.05, 0) is 18.6 Å². The van der Waals surface area contributed by atoms with Crippen LogP contribution < -0.4 is 14.4 Å². The summed E-state index contributed by atoms with van der Waals surface area (Å²) in [6.45, 7) is 1.81. The van der Waals surface area contributed by atoms with Crippen molar-refractivity contribution in [3.05, 3.63) is 42.5 Å². The fraction of sp³-hybridized carbons (Fsp3) is 0.353. The molecule has 2 aromatic heterocycles. The van der Waals surface area contributed by atoms with Crippen molar-refractivity contribution in [1.82, 2.24) is 19.6 Å². The Labute approximate surface area is 139 Å². The van der Waals surface area contributed by atoms with E-state index in [2.05, 4.69) is 20.1 Å². The first kappa shape index (κ1) is 14.7. The van der Waals surface area contributed by atoms with E-state index in [-0.39, 0.29) is 0 Å². The molecule has 1 aromatic carbocycles. The summed E-state index contributed by atoms with van der Waals surface area (Å²) >= 11 is 0. The van der Waals surface area contributed by atoms with E-state index in [0.717, 1.165) is 48.0 Å². The fourth-order valence-electron chi connectivity index (χ4n) is 3.46. The molecule has 0 aliphatic carbocycles. The summed E-state index contributed by atoms with van der Waals surface area (Å²) in [6, 6.07) is 5.93. The molecule has 4 rings (SSSR count). The second-order valence-corrected chi connectivity index (χ2v) is 5.83. The lowest BCUT2D eigenvalue weighted by atomic mass is 9.96. The Kier molecular flexibility index (Phi) is 3.68. The van der Waals surface area contributed by atoms with Crippen LogP contribution in [-0.4, -0.2) is 46.9 Å². The zero-order chi connectivity index (χ0) is 16.5. The Balaban J connectivity index is 1.67. The van der Waals surface area contributed by atoms with Crippen molar-refractivity contribution in [2.75, 3.05) is 32.2 Å². The Bertz CT molecular complexity index is 841. The Morgan fingerprint density at radius 2 is 1.92 bits per heavy atom. The van der Waals surface area contributed by atoms with Gasteiger partial charge in [-0.2, -0.15) is 0 Å². The topological polar surface area (TPSA) is 64.8 Å². The number of fused-ring (bicyclic) bond motifs is 1. The van der Waals surface area contributed by atoms with Gasteiger partial charge >= 0.3 is 0 Å². The normalized spacial score (nSPS) is 17.4. The predicted molar refractivity (Wildman–Crippen MR) is 89.9 cm³/mol. The number of rotatable bonds is 4. The maximum Gasteiger partial charge on any atom is 0.180 e. The molecule has 0 spiro atoms. The minimum absolute atomic E-state index is 0.336. The third-order valence-electron chi connectivity index (χ3n) is 4.59. The highest BCUT2D eigenvalue weighted by molar-refractivity contribution is 5.52. The van der Waals surface area contributed by atoms with Crippen LogP contribution in [0.25, 0.3) is 5.65 Å². The van der Waals surface area contributed by atoms with Crippen molar-refractivity contribution in [1.29, 1.82) is 0 Å². The van der Waals surface area contributed by atoms with Crippen LogP contribution in [0, 0.1) is 0 Å². The van der Waals surface area contributed by atoms with Crippen LogP contribution >= 0.6 is 0 Å². The molecule has 0 radical (unpaired) electrons. The van der Waals surface area contributed by atoms with Crippen molar-refractivity contribution in [3.63, 3.8) is 0 Å². The molecule has 124 valence electrons. The van der Waals surface area contributed by atoms with Gasteiger partial charge in [-0.1, -0.05) is 6.07 Å². The van der Waals surface area contributed by atoms with Crippen molar-refractivity contribution >= 4 is 11.5 Å². The molecule has 7 heteroatoms. The number of methoxy groups -OCH3 is 2. The van der Waals surface area contributed by atoms with Gasteiger partial charge in [0.15, 0.2) is 5.65 Å². The molecule has 1 aliphatic rings. The Hall–Kier alpha value is -2.83. The van der Waals surface area contributed by atoms with Crippen molar-refractivity contribution < 1.29 is 9.47 Å². The second-order valence-electron chi connectivity index (χ2n) is 5.83. The summed E-state index contributed by atoms with van der Waals surface area (Å²) in [5.74, 6) is 3.10. The summed E-state index contributed by atoms with van der Waals surface area (Å²) in [5.41, 5.74) is 1.89. The number of hydrogen-bond donors (Lipinski definition) is 0. The zero-order valence-corrected chi connectivity index (χ0v) is 13.7. The van der Waals surface area contributed by atoms with Gasteiger partial charge in [0.05, 0.1) is 26.6 Å². The molecule has 0 amide bonds. The van der Waals surface area contributed by atoms with Crippen LogP contribution in [0.4, 0.5) is 5.82 Å². The summed E-state index contributed by atoms with van der Waals surface area (Å²) in [4.78, 5) is 6.59. The second kappa shape index (κ2) is 5.99. The predicted octanol–water partition coefficient (Wildman–Crippen LogP) is 2.14. The Morgan fingerprint density at radius 3 is 2.67 bits per heavy atom. The molecule has 1 saturated heterocycles. The molecule has 3 aromatic rings. The third kappa shape index (κ3) is 2.33. The van der Waals surface area contributed by atoms with Gasteiger partial charge in [-0.15, -0.1) is 10.2 Å². The van der Waals surface area contributed by atoms with Crippen molar-refractivity contribution in [3.8, 4) is 11.5 Å². The maximum atomic E-state index is 5.56. The van der Waals surface area contributed by atoms with Crippen LogP contribution in [0.2, 0.25) is 0 Å². The molecule has 1 unspecified atom stereocenters. The van der Waals surface area contributed by atoms with E-state index in [1.54, 1.807) is 26.7 Å². The minimum Gasteiger partial charge on any atom is -0.496 e. The molecular weight excluding hydrogens is 306 g/mol. The summed E-state index contributed by atoms with van der Waals surface area (Å²) in [5, 5.41) is 8.04. The molecule has 0 bridgehead atoms. The number of anilines is 1. The van der Waals surface area contributed by atoms with Gasteiger partial charge in [0.25, 0.3) is 0 Å². The molecule has 7 nitrogen and oxygen atoms in total. The molecule has 0 saturated carbocycles. The summed E-state index contributed by atoms with van der Waals surface area (Å²) in [6.07, 6.45) is 6.32. The molecular formula is C17H19N5O2. The van der Waals surface area contributed by atoms with Gasteiger partial charge in [0.2, 0.25) is 0 Å². The van der Waals surface area contributed by atoms with Crippen molar-refractivity contribution in [2.45, 2.75) is 12.3 Å². The van der Waals surface area contributed by atoms with Crippen LogP contribution in [-0.2, 0) is 0 Å². The lowest BCUT2D eigenvalue weighted by molar-refractivity contribution is 0.380. The molecule has 1 aliphatic heterocycles. The molecule has 3 heterocycles. The first-order valence-corrected chi connectivity index (χ1v) is 7.91. The number of hydrogen-bond acceptors (Lipinski definition) is 6.